The Kier molecular flexibility index (Phi) is 5.22. The third-order valence-electron chi connectivity index (χ3n) is 4.81. The lowest BCUT2D eigenvalue weighted by molar-refractivity contribution is 0.314. The van der Waals surface area contributed by atoms with E-state index in [2.05, 4.69) is 84.0 Å². The highest BCUT2D eigenvalue weighted by Gasteiger charge is 2.10. The maximum atomic E-state index is 5.92. The fraction of sp³-hybridized carbons (Fsp3) is 0.167. The van der Waals surface area contributed by atoms with E-state index >= 15 is 0 Å². The van der Waals surface area contributed by atoms with Crippen LogP contribution < -0.4 is 10.1 Å². The molecule has 27 heavy (non-hydrogen) atoms. The van der Waals surface area contributed by atoms with Crippen LogP contribution in [0.2, 0.25) is 0 Å². The van der Waals surface area contributed by atoms with Crippen LogP contribution in [-0.4, -0.2) is 18.1 Å². The second-order valence-electron chi connectivity index (χ2n) is 6.71. The smallest absolute Gasteiger partial charge is 0.121 e. The maximum absolute atomic E-state index is 5.92. The van der Waals surface area contributed by atoms with Crippen molar-refractivity contribution in [1.82, 2.24) is 10.3 Å². The Hall–Kier alpha value is -3.04. The minimum Gasteiger partial charge on any atom is -0.492 e. The van der Waals surface area contributed by atoms with Gasteiger partial charge in [0.25, 0.3) is 0 Å². The van der Waals surface area contributed by atoms with Gasteiger partial charge in [0.15, 0.2) is 0 Å². The molecule has 0 aliphatic heterocycles. The van der Waals surface area contributed by atoms with Gasteiger partial charge in [-0.2, -0.15) is 0 Å². The number of hydrogen-bond acceptors (Lipinski definition) is 2. The van der Waals surface area contributed by atoms with Crippen molar-refractivity contribution in [2.24, 2.45) is 0 Å². The van der Waals surface area contributed by atoms with Crippen LogP contribution in [0, 0.1) is 6.92 Å². The Morgan fingerprint density at radius 2 is 1.63 bits per heavy atom. The van der Waals surface area contributed by atoms with E-state index in [0.717, 1.165) is 24.4 Å². The fourth-order valence-corrected chi connectivity index (χ4v) is 3.37. The summed E-state index contributed by atoms with van der Waals surface area (Å²) in [4.78, 5) is 3.55. The molecule has 0 fully saturated rings. The predicted octanol–water partition coefficient (Wildman–Crippen LogP) is 5.31. The molecule has 1 heterocycles. The van der Waals surface area contributed by atoms with Crippen LogP contribution >= 0.6 is 0 Å². The van der Waals surface area contributed by atoms with E-state index in [-0.39, 0.29) is 0 Å². The van der Waals surface area contributed by atoms with E-state index in [1.54, 1.807) is 0 Å². The highest BCUT2D eigenvalue weighted by Crippen LogP contribution is 2.31. The van der Waals surface area contributed by atoms with E-state index in [1.165, 1.54) is 27.8 Å². The summed E-state index contributed by atoms with van der Waals surface area (Å²) in [5.74, 6) is 0.893. The molecule has 0 spiro atoms. The van der Waals surface area contributed by atoms with E-state index in [1.807, 2.05) is 12.1 Å². The minimum absolute atomic E-state index is 0.642. The molecule has 0 amide bonds. The molecule has 0 aliphatic carbocycles. The summed E-state index contributed by atoms with van der Waals surface area (Å²) >= 11 is 0. The van der Waals surface area contributed by atoms with Gasteiger partial charge in [-0.15, -0.1) is 0 Å². The van der Waals surface area contributed by atoms with Crippen LogP contribution in [-0.2, 0) is 6.54 Å². The van der Waals surface area contributed by atoms with Crippen molar-refractivity contribution in [1.29, 1.82) is 0 Å². The molecule has 0 aliphatic rings. The Labute approximate surface area is 160 Å². The number of H-pyrrole nitrogens is 1. The number of aromatic amines is 1. The second-order valence-corrected chi connectivity index (χ2v) is 6.71. The lowest BCUT2D eigenvalue weighted by Crippen LogP contribution is -2.20. The molecule has 0 radical (unpaired) electrons. The van der Waals surface area contributed by atoms with Gasteiger partial charge < -0.3 is 15.0 Å². The van der Waals surface area contributed by atoms with Crippen molar-refractivity contribution < 1.29 is 4.74 Å². The molecule has 3 nitrogen and oxygen atoms in total. The largest absolute Gasteiger partial charge is 0.492 e. The Morgan fingerprint density at radius 3 is 2.41 bits per heavy atom. The first-order chi connectivity index (χ1) is 13.3. The molecule has 0 unspecified atom stereocenters. The van der Waals surface area contributed by atoms with Gasteiger partial charge in [-0.05, 0) is 35.7 Å². The highest BCUT2D eigenvalue weighted by molar-refractivity contribution is 5.91. The van der Waals surface area contributed by atoms with Crippen molar-refractivity contribution in [2.45, 2.75) is 13.5 Å². The Morgan fingerprint density at radius 1 is 0.889 bits per heavy atom. The molecule has 0 bridgehead atoms. The number of aryl methyl sites for hydroxylation is 1. The summed E-state index contributed by atoms with van der Waals surface area (Å²) in [6.45, 7) is 4.48. The van der Waals surface area contributed by atoms with Crippen molar-refractivity contribution in [2.75, 3.05) is 13.2 Å². The molecule has 2 N–H and O–H groups in total. The van der Waals surface area contributed by atoms with Crippen molar-refractivity contribution in [3.8, 4) is 17.0 Å². The summed E-state index contributed by atoms with van der Waals surface area (Å²) in [6, 6.07) is 27.1. The molecule has 4 rings (SSSR count). The standard InChI is InChI=1S/C24H24N2O/c1-18-22-13-12-21(27-15-14-25-17-19-8-4-2-5-9-19)16-23(22)26-24(18)20-10-6-3-7-11-20/h2-13,16,25-26H,14-15,17H2,1H3. The summed E-state index contributed by atoms with van der Waals surface area (Å²) in [6.07, 6.45) is 0. The monoisotopic (exact) mass is 356 g/mol. The zero-order valence-corrected chi connectivity index (χ0v) is 15.5. The van der Waals surface area contributed by atoms with Crippen LogP contribution in [0.25, 0.3) is 22.2 Å². The Balaban J connectivity index is 1.38. The van der Waals surface area contributed by atoms with Gasteiger partial charge in [0, 0.05) is 35.8 Å². The molecule has 1 aromatic heterocycles. The number of benzene rings is 3. The van der Waals surface area contributed by atoms with Crippen molar-refractivity contribution >= 4 is 10.9 Å². The molecule has 3 heteroatoms. The van der Waals surface area contributed by atoms with Gasteiger partial charge in [0.05, 0.1) is 0 Å². The summed E-state index contributed by atoms with van der Waals surface area (Å²) in [5.41, 5.74) is 6.05. The van der Waals surface area contributed by atoms with Gasteiger partial charge in [-0.1, -0.05) is 60.7 Å². The second kappa shape index (κ2) is 8.11. The fourth-order valence-electron chi connectivity index (χ4n) is 3.37. The summed E-state index contributed by atoms with van der Waals surface area (Å²) in [5, 5.41) is 4.65. The molecule has 0 atom stereocenters. The first-order valence-electron chi connectivity index (χ1n) is 9.36. The van der Waals surface area contributed by atoms with Gasteiger partial charge in [-0.25, -0.2) is 0 Å². The number of ether oxygens (including phenoxy) is 1. The zero-order valence-electron chi connectivity index (χ0n) is 15.5. The number of fused-ring (bicyclic) bond motifs is 1. The lowest BCUT2D eigenvalue weighted by atomic mass is 10.1. The molecule has 0 saturated carbocycles. The van der Waals surface area contributed by atoms with Gasteiger partial charge in [-0.3, -0.25) is 0 Å². The highest BCUT2D eigenvalue weighted by atomic mass is 16.5. The van der Waals surface area contributed by atoms with Gasteiger partial charge in [0.2, 0.25) is 0 Å². The first-order valence-corrected chi connectivity index (χ1v) is 9.36. The normalized spacial score (nSPS) is 11.0. The first kappa shape index (κ1) is 17.4. The van der Waals surface area contributed by atoms with Gasteiger partial charge in [0.1, 0.15) is 12.4 Å². The summed E-state index contributed by atoms with van der Waals surface area (Å²) < 4.78 is 5.92. The van der Waals surface area contributed by atoms with Crippen LogP contribution in [0.5, 0.6) is 5.75 Å². The third kappa shape index (κ3) is 4.04. The van der Waals surface area contributed by atoms with Gasteiger partial charge >= 0.3 is 0 Å². The molecular formula is C24H24N2O. The maximum Gasteiger partial charge on any atom is 0.121 e. The molecule has 136 valence electrons. The molecule has 4 aromatic rings. The minimum atomic E-state index is 0.642. The van der Waals surface area contributed by atoms with E-state index in [0.29, 0.717) is 6.61 Å². The number of aromatic nitrogens is 1. The van der Waals surface area contributed by atoms with Crippen LogP contribution in [0.15, 0.2) is 78.9 Å². The van der Waals surface area contributed by atoms with Crippen LogP contribution in [0.3, 0.4) is 0 Å². The summed E-state index contributed by atoms with van der Waals surface area (Å²) in [7, 11) is 0. The molecule has 3 aromatic carbocycles. The van der Waals surface area contributed by atoms with E-state index < -0.39 is 0 Å². The number of hydrogen-bond donors (Lipinski definition) is 2. The average Bonchev–Trinajstić information content (AvgIpc) is 3.05. The lowest BCUT2D eigenvalue weighted by Gasteiger charge is -2.08. The van der Waals surface area contributed by atoms with Crippen LogP contribution in [0.4, 0.5) is 0 Å². The number of nitrogens with one attached hydrogen (secondary N) is 2. The molecule has 0 saturated heterocycles. The van der Waals surface area contributed by atoms with E-state index in [9.17, 15) is 0 Å². The topological polar surface area (TPSA) is 37.0 Å². The predicted molar refractivity (Wildman–Crippen MR) is 112 cm³/mol. The average molecular weight is 356 g/mol. The Bertz CT molecular complexity index is 1010. The molecular weight excluding hydrogens is 332 g/mol. The zero-order chi connectivity index (χ0) is 18.5. The quantitative estimate of drug-likeness (QED) is 0.440. The SMILES string of the molecule is Cc1c(-c2ccccc2)[nH]c2cc(OCCNCc3ccccc3)ccc12. The van der Waals surface area contributed by atoms with E-state index in [4.69, 9.17) is 4.74 Å². The van der Waals surface area contributed by atoms with Crippen molar-refractivity contribution in [3.63, 3.8) is 0 Å². The third-order valence-corrected chi connectivity index (χ3v) is 4.81. The van der Waals surface area contributed by atoms with Crippen molar-refractivity contribution in [3.05, 3.63) is 90.0 Å². The van der Waals surface area contributed by atoms with Crippen LogP contribution in [0.1, 0.15) is 11.1 Å². The number of rotatable bonds is 7.